The number of carboxylic acid groups (broad SMARTS) is 2. The molecule has 1 saturated carbocycles. The largest absolute Gasteiger partial charge is 0.478 e. The Morgan fingerprint density at radius 2 is 1.04 bits per heavy atom. The van der Waals surface area contributed by atoms with Crippen molar-refractivity contribution in [1.29, 1.82) is 0 Å². The fraction of sp³-hybridized carbons (Fsp3) is 0.500. The molecule has 132 valence electrons. The fourth-order valence-corrected chi connectivity index (χ4v) is 2.54. The van der Waals surface area contributed by atoms with E-state index in [0.29, 0.717) is 24.9 Å². The lowest BCUT2D eigenvalue weighted by Crippen LogP contribution is -2.33. The number of aliphatic carboxylic acids is 2. The number of hydrogen-bond acceptors (Lipinski definition) is 4. The van der Waals surface area contributed by atoms with Crippen molar-refractivity contribution in [3.8, 4) is 0 Å². The van der Waals surface area contributed by atoms with Crippen LogP contribution in [0.3, 0.4) is 0 Å². The van der Waals surface area contributed by atoms with Crippen molar-refractivity contribution in [2.45, 2.75) is 25.7 Å². The average molecular weight is 338 g/mol. The summed E-state index contributed by atoms with van der Waals surface area (Å²) in [6.45, 7) is 1.01. The van der Waals surface area contributed by atoms with Crippen molar-refractivity contribution in [3.05, 3.63) is 24.3 Å². The van der Waals surface area contributed by atoms with E-state index in [-0.39, 0.29) is 0 Å². The number of carboxylic acids is 2. The van der Waals surface area contributed by atoms with Crippen LogP contribution in [0.2, 0.25) is 0 Å². The van der Waals surface area contributed by atoms with Gasteiger partial charge in [0.15, 0.2) is 0 Å². The highest BCUT2D eigenvalue weighted by molar-refractivity contribution is 5.94. The summed E-state index contributed by atoms with van der Waals surface area (Å²) < 4.78 is 0. The second kappa shape index (κ2) is 10.2. The van der Waals surface area contributed by atoms with Crippen LogP contribution in [0.25, 0.3) is 0 Å². The van der Waals surface area contributed by atoms with Gasteiger partial charge < -0.3 is 20.8 Å². The van der Waals surface area contributed by atoms with Gasteiger partial charge in [-0.3, -0.25) is 9.59 Å². The van der Waals surface area contributed by atoms with Crippen LogP contribution in [0, 0.1) is 11.8 Å². The van der Waals surface area contributed by atoms with Crippen LogP contribution < -0.4 is 10.6 Å². The minimum atomic E-state index is -1.16. The van der Waals surface area contributed by atoms with Crippen LogP contribution in [0.4, 0.5) is 0 Å². The van der Waals surface area contributed by atoms with Crippen molar-refractivity contribution in [1.82, 2.24) is 10.6 Å². The quantitative estimate of drug-likeness (QED) is 0.471. The van der Waals surface area contributed by atoms with Gasteiger partial charge in [-0.15, -0.1) is 0 Å². The molecule has 0 radical (unpaired) electrons. The lowest BCUT2D eigenvalue weighted by molar-refractivity contribution is -0.132. The molecule has 1 rings (SSSR count). The minimum absolute atomic E-state index is 0.339. The molecule has 0 aromatic carbocycles. The molecule has 8 heteroatoms. The zero-order valence-corrected chi connectivity index (χ0v) is 13.2. The van der Waals surface area contributed by atoms with Gasteiger partial charge in [-0.25, -0.2) is 9.59 Å². The van der Waals surface area contributed by atoms with E-state index in [1.807, 2.05) is 0 Å². The molecule has 1 aliphatic carbocycles. The summed E-state index contributed by atoms with van der Waals surface area (Å²) in [5.74, 6) is -2.48. The number of rotatable bonds is 8. The third-order valence-corrected chi connectivity index (χ3v) is 3.85. The molecule has 0 bridgehead atoms. The van der Waals surface area contributed by atoms with E-state index in [9.17, 15) is 19.2 Å². The predicted octanol–water partition coefficient (Wildman–Crippen LogP) is 0.307. The lowest BCUT2D eigenvalue weighted by Gasteiger charge is -2.28. The molecule has 0 atom stereocenters. The zero-order valence-electron chi connectivity index (χ0n) is 13.2. The summed E-state index contributed by atoms with van der Waals surface area (Å²) in [5, 5.41) is 22.2. The van der Waals surface area contributed by atoms with Crippen molar-refractivity contribution in [2.24, 2.45) is 11.8 Å². The standard InChI is InChI=1S/C16H22N2O6/c19-13(5-7-15(21)22)17-9-11-1-2-12(4-3-11)10-18-14(20)6-8-16(23)24/h5-8,11-12H,1-4,9-10H2,(H,17,19)(H,18,20)(H,21,22)(H,23,24). The molecule has 0 aliphatic heterocycles. The smallest absolute Gasteiger partial charge is 0.328 e. The predicted molar refractivity (Wildman–Crippen MR) is 85.0 cm³/mol. The van der Waals surface area contributed by atoms with Crippen LogP contribution in [-0.4, -0.2) is 47.1 Å². The number of nitrogens with one attached hydrogen (secondary N) is 2. The van der Waals surface area contributed by atoms with Crippen molar-refractivity contribution in [2.75, 3.05) is 13.1 Å². The maximum absolute atomic E-state index is 11.4. The molecule has 1 fully saturated rings. The van der Waals surface area contributed by atoms with Gasteiger partial charge in [-0.2, -0.15) is 0 Å². The first-order chi connectivity index (χ1) is 11.4. The van der Waals surface area contributed by atoms with Gasteiger partial charge in [0.05, 0.1) is 0 Å². The molecule has 2 amide bonds. The Kier molecular flexibility index (Phi) is 8.24. The highest BCUT2D eigenvalue weighted by Crippen LogP contribution is 2.27. The summed E-state index contributed by atoms with van der Waals surface area (Å²) in [6.07, 6.45) is 7.23. The van der Waals surface area contributed by atoms with Gasteiger partial charge in [0.1, 0.15) is 0 Å². The summed E-state index contributed by atoms with van der Waals surface area (Å²) in [6, 6.07) is 0. The average Bonchev–Trinajstić information content (AvgIpc) is 2.55. The van der Waals surface area contributed by atoms with Crippen molar-refractivity contribution in [3.63, 3.8) is 0 Å². The first-order valence-electron chi connectivity index (χ1n) is 7.74. The molecule has 24 heavy (non-hydrogen) atoms. The Bertz CT molecular complexity index is 485. The van der Waals surface area contributed by atoms with Gasteiger partial charge in [0.2, 0.25) is 11.8 Å². The van der Waals surface area contributed by atoms with Gasteiger partial charge in [-0.1, -0.05) is 0 Å². The topological polar surface area (TPSA) is 133 Å². The van der Waals surface area contributed by atoms with Crippen LogP contribution >= 0.6 is 0 Å². The van der Waals surface area contributed by atoms with Crippen molar-refractivity contribution >= 4 is 23.8 Å². The number of hydrogen-bond donors (Lipinski definition) is 4. The molecular weight excluding hydrogens is 316 g/mol. The maximum atomic E-state index is 11.4. The van der Waals surface area contributed by atoms with E-state index < -0.39 is 23.8 Å². The van der Waals surface area contributed by atoms with Crippen LogP contribution in [-0.2, 0) is 19.2 Å². The van der Waals surface area contributed by atoms with Gasteiger partial charge in [0.25, 0.3) is 0 Å². The zero-order chi connectivity index (χ0) is 17.9. The molecule has 0 aromatic rings. The molecular formula is C16H22N2O6. The fourth-order valence-electron chi connectivity index (χ4n) is 2.54. The highest BCUT2D eigenvalue weighted by Gasteiger charge is 2.21. The Balaban J connectivity index is 2.20. The second-order valence-corrected chi connectivity index (χ2v) is 5.72. The minimum Gasteiger partial charge on any atom is -0.478 e. The van der Waals surface area contributed by atoms with Crippen LogP contribution in [0.5, 0.6) is 0 Å². The van der Waals surface area contributed by atoms with Gasteiger partial charge in [-0.05, 0) is 37.5 Å². The molecule has 8 nitrogen and oxygen atoms in total. The first-order valence-corrected chi connectivity index (χ1v) is 7.74. The van der Waals surface area contributed by atoms with Crippen molar-refractivity contribution < 1.29 is 29.4 Å². The van der Waals surface area contributed by atoms with E-state index in [2.05, 4.69) is 10.6 Å². The maximum Gasteiger partial charge on any atom is 0.328 e. The molecule has 1 aliphatic rings. The van der Waals surface area contributed by atoms with Crippen LogP contribution in [0.15, 0.2) is 24.3 Å². The lowest BCUT2D eigenvalue weighted by atomic mass is 9.82. The first kappa shape index (κ1) is 19.4. The van der Waals surface area contributed by atoms with E-state index in [4.69, 9.17) is 10.2 Å². The molecule has 0 aromatic heterocycles. The Morgan fingerprint density at radius 1 is 0.708 bits per heavy atom. The Morgan fingerprint density at radius 3 is 1.33 bits per heavy atom. The summed E-state index contributed by atoms with van der Waals surface area (Å²) in [7, 11) is 0. The number of carbonyl (C=O) groups excluding carboxylic acids is 2. The number of amides is 2. The third kappa shape index (κ3) is 8.72. The SMILES string of the molecule is O=C(O)C=CC(=O)NCC1CCC(CNC(=O)C=CC(=O)O)CC1. The Labute approximate surface area is 139 Å². The second-order valence-electron chi connectivity index (χ2n) is 5.72. The van der Waals surface area contributed by atoms with Gasteiger partial charge in [0, 0.05) is 37.4 Å². The molecule has 0 spiro atoms. The van der Waals surface area contributed by atoms with E-state index in [1.54, 1.807) is 0 Å². The molecule has 0 saturated heterocycles. The van der Waals surface area contributed by atoms with E-state index in [1.165, 1.54) is 0 Å². The monoisotopic (exact) mass is 338 g/mol. The van der Waals surface area contributed by atoms with Gasteiger partial charge >= 0.3 is 11.9 Å². The number of carbonyl (C=O) groups is 4. The molecule has 4 N–H and O–H groups in total. The Hall–Kier alpha value is -2.64. The molecule has 0 heterocycles. The van der Waals surface area contributed by atoms with E-state index >= 15 is 0 Å². The summed E-state index contributed by atoms with van der Waals surface area (Å²) >= 11 is 0. The molecule has 0 unspecified atom stereocenters. The normalized spacial score (nSPS) is 20.8. The third-order valence-electron chi connectivity index (χ3n) is 3.85. The highest BCUT2D eigenvalue weighted by atomic mass is 16.4. The summed E-state index contributed by atoms with van der Waals surface area (Å²) in [5.41, 5.74) is 0. The van der Waals surface area contributed by atoms with Crippen LogP contribution in [0.1, 0.15) is 25.7 Å². The van der Waals surface area contributed by atoms with E-state index in [0.717, 1.165) is 50.0 Å². The summed E-state index contributed by atoms with van der Waals surface area (Å²) in [4.78, 5) is 43.4.